The van der Waals surface area contributed by atoms with Crippen LogP contribution in [0.1, 0.15) is 33.9 Å². The van der Waals surface area contributed by atoms with Crippen LogP contribution in [0.15, 0.2) is 77.7 Å². The largest absolute Gasteiger partial charge is 0.237 e. The lowest BCUT2D eigenvalue weighted by Gasteiger charge is -2.20. The summed E-state index contributed by atoms with van der Waals surface area (Å²) in [7, 11) is -1.27. The summed E-state index contributed by atoms with van der Waals surface area (Å²) in [6, 6.07) is 24.8. The van der Waals surface area contributed by atoms with E-state index in [0.29, 0.717) is 0 Å². The van der Waals surface area contributed by atoms with Crippen LogP contribution in [0.5, 0.6) is 0 Å². The molecule has 0 saturated carbocycles. The highest BCUT2D eigenvalue weighted by Gasteiger charge is 2.18. The number of aryl methyl sites for hydroxylation is 3. The van der Waals surface area contributed by atoms with Crippen LogP contribution in [0.3, 0.4) is 0 Å². The van der Waals surface area contributed by atoms with E-state index in [1.54, 1.807) is 0 Å². The van der Waals surface area contributed by atoms with E-state index in [4.69, 9.17) is 0 Å². The highest BCUT2D eigenvalue weighted by atomic mass is 32.2. The van der Waals surface area contributed by atoms with Crippen molar-refractivity contribution in [2.75, 3.05) is 0 Å². The average molecular weight is 364 g/mol. The van der Waals surface area contributed by atoms with Gasteiger partial charge in [0.25, 0.3) is 0 Å². The Morgan fingerprint density at radius 1 is 0.846 bits per heavy atom. The Morgan fingerprint density at radius 3 is 1.96 bits per heavy atom. The zero-order valence-electron chi connectivity index (χ0n) is 15.5. The van der Waals surface area contributed by atoms with E-state index in [9.17, 15) is 4.21 Å². The third-order valence-electron chi connectivity index (χ3n) is 4.52. The molecule has 0 saturated heterocycles. The van der Waals surface area contributed by atoms with Crippen LogP contribution in [-0.4, -0.2) is 4.21 Å². The van der Waals surface area contributed by atoms with Gasteiger partial charge in [0.05, 0.1) is 4.90 Å². The Kier molecular flexibility index (Phi) is 6.02. The molecule has 0 fully saturated rings. The minimum Gasteiger partial charge on any atom is -0.237 e. The molecule has 3 rings (SSSR count). The van der Waals surface area contributed by atoms with Crippen LogP contribution in [0, 0.1) is 20.8 Å². The molecule has 3 aromatic carbocycles. The number of hydrogen-bond acceptors (Lipinski definition) is 1. The van der Waals surface area contributed by atoms with Crippen molar-refractivity contribution in [3.8, 4) is 0 Å². The maximum atomic E-state index is 13.2. The first-order chi connectivity index (χ1) is 12.5. The molecule has 0 aromatic heterocycles. The first-order valence-corrected chi connectivity index (χ1v) is 10.0. The minimum atomic E-state index is -1.27. The quantitative estimate of drug-likeness (QED) is 0.640. The third-order valence-corrected chi connectivity index (χ3v) is 6.04. The first-order valence-electron chi connectivity index (χ1n) is 8.89. The molecule has 0 amide bonds. The van der Waals surface area contributed by atoms with Crippen molar-refractivity contribution >= 4 is 11.0 Å². The summed E-state index contributed by atoms with van der Waals surface area (Å²) in [4.78, 5) is 0.893. The highest BCUT2D eigenvalue weighted by Crippen LogP contribution is 2.24. The monoisotopic (exact) mass is 363 g/mol. The minimum absolute atomic E-state index is 0.0143. The van der Waals surface area contributed by atoms with E-state index in [1.165, 1.54) is 11.1 Å². The summed E-state index contributed by atoms with van der Waals surface area (Å²) in [6.07, 6.45) is 0.792. The van der Waals surface area contributed by atoms with Gasteiger partial charge in [-0.05, 0) is 49.4 Å². The Morgan fingerprint density at radius 2 is 1.38 bits per heavy atom. The van der Waals surface area contributed by atoms with E-state index in [2.05, 4.69) is 48.0 Å². The zero-order valence-corrected chi connectivity index (χ0v) is 16.3. The van der Waals surface area contributed by atoms with Gasteiger partial charge >= 0.3 is 0 Å². The summed E-state index contributed by atoms with van der Waals surface area (Å²) >= 11 is 0. The van der Waals surface area contributed by atoms with Crippen LogP contribution in [-0.2, 0) is 17.4 Å². The van der Waals surface area contributed by atoms with E-state index < -0.39 is 11.0 Å². The fourth-order valence-electron chi connectivity index (χ4n) is 3.41. The maximum Gasteiger partial charge on any atom is 0.126 e. The van der Waals surface area contributed by atoms with Crippen molar-refractivity contribution in [2.45, 2.75) is 38.1 Å². The number of hydrogen-bond donors (Lipinski definition) is 1. The molecule has 2 atom stereocenters. The van der Waals surface area contributed by atoms with Crippen LogP contribution in [0.4, 0.5) is 0 Å². The molecule has 134 valence electrons. The Hall–Kier alpha value is -2.23. The van der Waals surface area contributed by atoms with Gasteiger partial charge in [0.2, 0.25) is 0 Å². The van der Waals surface area contributed by atoms with Gasteiger partial charge in [-0.3, -0.25) is 0 Å². The molecule has 0 heterocycles. The zero-order chi connectivity index (χ0) is 18.5. The molecule has 2 nitrogen and oxygen atoms in total. The molecule has 0 aliphatic heterocycles. The topological polar surface area (TPSA) is 29.1 Å². The molecule has 0 spiro atoms. The lowest BCUT2D eigenvalue weighted by atomic mass is 10.00. The van der Waals surface area contributed by atoms with Gasteiger partial charge < -0.3 is 0 Å². The number of benzene rings is 3. The second-order valence-electron chi connectivity index (χ2n) is 6.77. The van der Waals surface area contributed by atoms with Crippen molar-refractivity contribution in [1.82, 2.24) is 4.72 Å². The van der Waals surface area contributed by atoms with Crippen molar-refractivity contribution in [3.05, 3.63) is 101 Å². The van der Waals surface area contributed by atoms with E-state index in [0.717, 1.165) is 28.0 Å². The van der Waals surface area contributed by atoms with E-state index in [1.807, 2.05) is 50.2 Å². The van der Waals surface area contributed by atoms with Crippen LogP contribution in [0.25, 0.3) is 0 Å². The Bertz CT molecular complexity index is 868. The molecule has 3 heteroatoms. The maximum absolute atomic E-state index is 13.2. The first kappa shape index (κ1) is 18.6. The Balaban J connectivity index is 1.90. The second-order valence-corrected chi connectivity index (χ2v) is 7.95. The molecule has 0 radical (unpaired) electrons. The lowest BCUT2D eigenvalue weighted by Crippen LogP contribution is -2.26. The van der Waals surface area contributed by atoms with Crippen LogP contribution in [0.2, 0.25) is 0 Å². The van der Waals surface area contributed by atoms with E-state index >= 15 is 0 Å². The molecular formula is C23H25NOS. The molecule has 0 aliphatic rings. The Labute approximate surface area is 158 Å². The summed E-state index contributed by atoms with van der Waals surface area (Å²) in [5.74, 6) is 0. The molecule has 0 aliphatic carbocycles. The van der Waals surface area contributed by atoms with Gasteiger partial charge in [-0.1, -0.05) is 78.4 Å². The SMILES string of the molecule is Cc1cc(C)c([S@](=O)N[C@@H](Cc2ccccc2)c2ccccc2)c(C)c1. The van der Waals surface area contributed by atoms with E-state index in [-0.39, 0.29) is 6.04 Å². The average Bonchev–Trinajstić information content (AvgIpc) is 2.62. The number of nitrogens with one attached hydrogen (secondary N) is 1. The molecule has 1 N–H and O–H groups in total. The summed E-state index contributed by atoms with van der Waals surface area (Å²) in [5, 5.41) is 0. The number of rotatable bonds is 6. The smallest absolute Gasteiger partial charge is 0.126 e. The molecule has 0 bridgehead atoms. The van der Waals surface area contributed by atoms with Crippen molar-refractivity contribution in [3.63, 3.8) is 0 Å². The van der Waals surface area contributed by atoms with Gasteiger partial charge in [-0.2, -0.15) is 0 Å². The molecule has 3 aromatic rings. The molecule has 26 heavy (non-hydrogen) atoms. The second kappa shape index (κ2) is 8.43. The fraction of sp³-hybridized carbons (Fsp3) is 0.217. The standard InChI is InChI=1S/C23H25NOS/c1-17-14-18(2)23(19(3)15-17)26(25)24-22(21-12-8-5-9-13-21)16-20-10-6-4-7-11-20/h4-15,22,24H,16H2,1-3H3/t22-,26-/m0/s1. The van der Waals surface area contributed by atoms with Gasteiger partial charge in [-0.15, -0.1) is 0 Å². The lowest BCUT2D eigenvalue weighted by molar-refractivity contribution is 0.623. The molecule has 0 unspecified atom stereocenters. The van der Waals surface area contributed by atoms with Crippen molar-refractivity contribution < 1.29 is 4.21 Å². The normalized spacial score (nSPS) is 13.3. The van der Waals surface area contributed by atoms with Gasteiger partial charge in [0.15, 0.2) is 0 Å². The predicted octanol–water partition coefficient (Wildman–Crippen LogP) is 5.21. The highest BCUT2D eigenvalue weighted by molar-refractivity contribution is 7.83. The van der Waals surface area contributed by atoms with Crippen LogP contribution >= 0.6 is 0 Å². The summed E-state index contributed by atoms with van der Waals surface area (Å²) in [5.41, 5.74) is 5.71. The summed E-state index contributed by atoms with van der Waals surface area (Å²) in [6.45, 7) is 6.13. The summed E-state index contributed by atoms with van der Waals surface area (Å²) < 4.78 is 16.5. The van der Waals surface area contributed by atoms with Crippen molar-refractivity contribution in [2.24, 2.45) is 0 Å². The van der Waals surface area contributed by atoms with Gasteiger partial charge in [0, 0.05) is 6.04 Å². The fourth-order valence-corrected chi connectivity index (χ4v) is 4.71. The predicted molar refractivity (Wildman–Crippen MR) is 110 cm³/mol. The van der Waals surface area contributed by atoms with Crippen LogP contribution < -0.4 is 4.72 Å². The van der Waals surface area contributed by atoms with Gasteiger partial charge in [-0.25, -0.2) is 8.93 Å². The van der Waals surface area contributed by atoms with Crippen molar-refractivity contribution in [1.29, 1.82) is 0 Å². The third kappa shape index (κ3) is 4.48. The van der Waals surface area contributed by atoms with Gasteiger partial charge in [0.1, 0.15) is 11.0 Å². The molecular weight excluding hydrogens is 338 g/mol.